The molecule has 0 amide bonds. The molecule has 178 valence electrons. The molecule has 3 aromatic rings. The number of aromatic nitrogens is 2. The Kier molecular flexibility index (Phi) is 6.68. The minimum atomic E-state index is 0.678. The van der Waals surface area contributed by atoms with E-state index in [0.717, 1.165) is 73.8 Å². The lowest BCUT2D eigenvalue weighted by Crippen LogP contribution is -2.36. The Morgan fingerprint density at radius 1 is 0.912 bits per heavy atom. The summed E-state index contributed by atoms with van der Waals surface area (Å²) in [5, 5.41) is 0. The van der Waals surface area contributed by atoms with E-state index in [2.05, 4.69) is 47.9 Å². The lowest BCUT2D eigenvalue weighted by Gasteiger charge is -2.33. The van der Waals surface area contributed by atoms with Crippen LogP contribution in [0.25, 0.3) is 0 Å². The number of anilines is 1. The van der Waals surface area contributed by atoms with Crippen LogP contribution in [0.1, 0.15) is 42.1 Å². The molecule has 0 saturated carbocycles. The van der Waals surface area contributed by atoms with E-state index in [1.807, 2.05) is 24.3 Å². The third kappa shape index (κ3) is 5.17. The van der Waals surface area contributed by atoms with Gasteiger partial charge in [-0.3, -0.25) is 4.90 Å². The highest BCUT2D eigenvalue weighted by Gasteiger charge is 2.27. The summed E-state index contributed by atoms with van der Waals surface area (Å²) >= 11 is 0. The van der Waals surface area contributed by atoms with Crippen molar-refractivity contribution in [2.24, 2.45) is 5.92 Å². The van der Waals surface area contributed by atoms with E-state index in [1.54, 1.807) is 7.11 Å². The highest BCUT2D eigenvalue weighted by molar-refractivity contribution is 5.44. The van der Waals surface area contributed by atoms with Gasteiger partial charge in [0.2, 0.25) is 11.8 Å². The molecule has 3 heterocycles. The topological polar surface area (TPSA) is 50.7 Å². The van der Waals surface area contributed by atoms with E-state index in [1.165, 1.54) is 24.0 Å². The Bertz CT molecular complexity index is 1110. The molecule has 1 fully saturated rings. The van der Waals surface area contributed by atoms with E-state index in [9.17, 15) is 0 Å². The summed E-state index contributed by atoms with van der Waals surface area (Å²) in [5.74, 6) is 3.82. The van der Waals surface area contributed by atoms with Crippen LogP contribution < -0.4 is 14.4 Å². The predicted octanol–water partition coefficient (Wildman–Crippen LogP) is 5.38. The van der Waals surface area contributed by atoms with Crippen molar-refractivity contribution in [3.05, 3.63) is 70.9 Å². The van der Waals surface area contributed by atoms with Gasteiger partial charge in [0, 0.05) is 39.1 Å². The second-order valence-electron chi connectivity index (χ2n) is 9.65. The van der Waals surface area contributed by atoms with Crippen molar-refractivity contribution in [2.75, 3.05) is 31.6 Å². The summed E-state index contributed by atoms with van der Waals surface area (Å²) < 4.78 is 11.7. The lowest BCUT2D eigenvalue weighted by molar-refractivity contribution is 0.238. The molecule has 1 saturated heterocycles. The van der Waals surface area contributed by atoms with E-state index in [-0.39, 0.29) is 0 Å². The fraction of sp³-hybridized carbons (Fsp3) is 0.429. The van der Waals surface area contributed by atoms with Crippen molar-refractivity contribution in [1.29, 1.82) is 0 Å². The summed E-state index contributed by atoms with van der Waals surface area (Å²) in [7, 11) is 1.67. The zero-order valence-corrected chi connectivity index (χ0v) is 20.5. The van der Waals surface area contributed by atoms with Gasteiger partial charge in [0.25, 0.3) is 0 Å². The number of benzene rings is 2. The number of rotatable bonds is 6. The van der Waals surface area contributed by atoms with Crippen LogP contribution in [0, 0.1) is 12.8 Å². The first-order chi connectivity index (χ1) is 16.6. The standard InChI is InChI=1S/C28H34N4O2/c1-20-4-6-22(7-5-20)18-31-15-14-26-25(19-31)27(34-24-10-8-23(33-3)9-11-24)30-28(29-26)32-16-12-21(2)13-17-32/h4-11,21H,12-19H2,1-3H3. The molecule has 2 aliphatic rings. The Morgan fingerprint density at radius 3 is 2.32 bits per heavy atom. The fourth-order valence-electron chi connectivity index (χ4n) is 4.70. The number of hydrogen-bond acceptors (Lipinski definition) is 6. The number of methoxy groups -OCH3 is 1. The average Bonchev–Trinajstić information content (AvgIpc) is 2.86. The van der Waals surface area contributed by atoms with Crippen LogP contribution >= 0.6 is 0 Å². The fourth-order valence-corrected chi connectivity index (χ4v) is 4.70. The third-order valence-corrected chi connectivity index (χ3v) is 6.96. The van der Waals surface area contributed by atoms with Gasteiger partial charge in [-0.05, 0) is 55.5 Å². The van der Waals surface area contributed by atoms with Gasteiger partial charge in [0.05, 0.1) is 18.4 Å². The molecule has 2 aliphatic heterocycles. The van der Waals surface area contributed by atoms with Crippen molar-refractivity contribution >= 4 is 5.95 Å². The van der Waals surface area contributed by atoms with Crippen molar-refractivity contribution in [2.45, 2.75) is 46.2 Å². The van der Waals surface area contributed by atoms with Gasteiger partial charge in [0.1, 0.15) is 11.5 Å². The Hall–Kier alpha value is -3.12. The summed E-state index contributed by atoms with van der Waals surface area (Å²) in [6.45, 7) is 9.13. The predicted molar refractivity (Wildman–Crippen MR) is 135 cm³/mol. The summed E-state index contributed by atoms with van der Waals surface area (Å²) in [6, 6.07) is 16.5. The molecule has 6 nitrogen and oxygen atoms in total. The molecule has 0 spiro atoms. The van der Waals surface area contributed by atoms with Gasteiger partial charge >= 0.3 is 0 Å². The molecule has 6 heteroatoms. The van der Waals surface area contributed by atoms with Crippen LogP contribution in [-0.4, -0.2) is 41.6 Å². The monoisotopic (exact) mass is 458 g/mol. The largest absolute Gasteiger partial charge is 0.497 e. The van der Waals surface area contributed by atoms with Crippen LogP contribution in [0.3, 0.4) is 0 Å². The van der Waals surface area contributed by atoms with E-state index < -0.39 is 0 Å². The second-order valence-corrected chi connectivity index (χ2v) is 9.65. The number of hydrogen-bond donors (Lipinski definition) is 0. The Balaban J connectivity index is 1.43. The molecule has 5 rings (SSSR count). The maximum atomic E-state index is 6.38. The van der Waals surface area contributed by atoms with E-state index in [0.29, 0.717) is 5.88 Å². The number of aryl methyl sites for hydroxylation is 1. The van der Waals surface area contributed by atoms with Crippen LogP contribution in [0.2, 0.25) is 0 Å². The van der Waals surface area contributed by atoms with Gasteiger partial charge in [-0.1, -0.05) is 36.8 Å². The SMILES string of the molecule is COc1ccc(Oc2nc(N3CCC(C)CC3)nc3c2CN(Cc2ccc(C)cc2)CC3)cc1. The number of ether oxygens (including phenoxy) is 2. The summed E-state index contributed by atoms with van der Waals surface area (Å²) in [6.07, 6.45) is 3.26. The zero-order valence-electron chi connectivity index (χ0n) is 20.5. The number of fused-ring (bicyclic) bond motifs is 1. The first-order valence-corrected chi connectivity index (χ1v) is 12.3. The molecule has 0 atom stereocenters. The van der Waals surface area contributed by atoms with Gasteiger partial charge < -0.3 is 14.4 Å². The van der Waals surface area contributed by atoms with Crippen molar-refractivity contribution in [3.63, 3.8) is 0 Å². The van der Waals surface area contributed by atoms with Gasteiger partial charge in [-0.15, -0.1) is 0 Å². The molecular weight excluding hydrogens is 424 g/mol. The first-order valence-electron chi connectivity index (χ1n) is 12.3. The van der Waals surface area contributed by atoms with Crippen LogP contribution in [0.5, 0.6) is 17.4 Å². The number of piperidine rings is 1. The molecule has 0 N–H and O–H groups in total. The molecule has 0 radical (unpaired) electrons. The third-order valence-electron chi connectivity index (χ3n) is 6.96. The molecule has 1 aromatic heterocycles. The maximum Gasteiger partial charge on any atom is 0.228 e. The quantitative estimate of drug-likeness (QED) is 0.494. The Labute approximate surface area is 202 Å². The molecule has 0 bridgehead atoms. The van der Waals surface area contributed by atoms with Gasteiger partial charge in [0.15, 0.2) is 0 Å². The zero-order chi connectivity index (χ0) is 23.5. The first kappa shape index (κ1) is 22.7. The van der Waals surface area contributed by atoms with Crippen molar-refractivity contribution < 1.29 is 9.47 Å². The van der Waals surface area contributed by atoms with Crippen molar-refractivity contribution in [1.82, 2.24) is 14.9 Å². The van der Waals surface area contributed by atoms with Crippen LogP contribution in [0.4, 0.5) is 5.95 Å². The molecule has 2 aromatic carbocycles. The minimum Gasteiger partial charge on any atom is -0.497 e. The molecule has 34 heavy (non-hydrogen) atoms. The summed E-state index contributed by atoms with van der Waals surface area (Å²) in [5.41, 5.74) is 4.83. The summed E-state index contributed by atoms with van der Waals surface area (Å²) in [4.78, 5) is 14.8. The smallest absolute Gasteiger partial charge is 0.228 e. The van der Waals surface area contributed by atoms with E-state index >= 15 is 0 Å². The van der Waals surface area contributed by atoms with Crippen LogP contribution in [0.15, 0.2) is 48.5 Å². The van der Waals surface area contributed by atoms with E-state index in [4.69, 9.17) is 19.4 Å². The normalized spacial score (nSPS) is 16.9. The molecular formula is C28H34N4O2. The minimum absolute atomic E-state index is 0.678. The van der Waals surface area contributed by atoms with Gasteiger partial charge in [-0.2, -0.15) is 4.98 Å². The lowest BCUT2D eigenvalue weighted by atomic mass is 9.99. The van der Waals surface area contributed by atoms with Gasteiger partial charge in [-0.25, -0.2) is 4.98 Å². The second kappa shape index (κ2) is 10.0. The highest BCUT2D eigenvalue weighted by atomic mass is 16.5. The average molecular weight is 459 g/mol. The number of nitrogens with zero attached hydrogens (tertiary/aromatic N) is 4. The molecule has 0 unspecified atom stereocenters. The maximum absolute atomic E-state index is 6.38. The Morgan fingerprint density at radius 2 is 1.62 bits per heavy atom. The van der Waals surface area contributed by atoms with Crippen molar-refractivity contribution in [3.8, 4) is 17.4 Å². The molecule has 0 aliphatic carbocycles. The van der Waals surface area contributed by atoms with Crippen LogP contribution in [-0.2, 0) is 19.5 Å². The highest BCUT2D eigenvalue weighted by Crippen LogP contribution is 2.33.